The van der Waals surface area contributed by atoms with Crippen molar-refractivity contribution < 1.29 is 40.6 Å². The van der Waals surface area contributed by atoms with Crippen LogP contribution in [0.15, 0.2) is 22.8 Å². The van der Waals surface area contributed by atoms with E-state index in [-0.39, 0.29) is 0 Å². The molecule has 1 saturated carbocycles. The van der Waals surface area contributed by atoms with E-state index < -0.39 is 41.3 Å². The van der Waals surface area contributed by atoms with Crippen LogP contribution in [-0.4, -0.2) is 29.2 Å². The first-order valence-electron chi connectivity index (χ1n) is 5.14. The second-order valence-electron chi connectivity index (χ2n) is 4.47. The van der Waals surface area contributed by atoms with Crippen molar-refractivity contribution in [2.45, 2.75) is 29.7 Å². The van der Waals surface area contributed by atoms with Gasteiger partial charge in [0.1, 0.15) is 11.7 Å². The Labute approximate surface area is 101 Å². The van der Waals surface area contributed by atoms with Gasteiger partial charge in [-0.1, -0.05) is 0 Å². The van der Waals surface area contributed by atoms with E-state index in [0.29, 0.717) is 0 Å². The second kappa shape index (κ2) is 3.09. The van der Waals surface area contributed by atoms with Crippen molar-refractivity contribution in [3.05, 3.63) is 24.2 Å². The Balaban J connectivity index is 2.26. The van der Waals surface area contributed by atoms with Crippen LogP contribution in [0.3, 0.4) is 0 Å². The largest absolute Gasteiger partial charge is 0.466 e. The quantitative estimate of drug-likeness (QED) is 0.807. The van der Waals surface area contributed by atoms with Crippen molar-refractivity contribution in [3.63, 3.8) is 0 Å². The predicted molar refractivity (Wildman–Crippen MR) is 45.8 cm³/mol. The summed E-state index contributed by atoms with van der Waals surface area (Å²) in [5.74, 6) is -19.7. The molecule has 0 radical (unpaired) electrons. The SMILES string of the molecule is OC1OC2(c3ccco3)C1C(F)(F)C(F)(F)C2(F)F. The van der Waals surface area contributed by atoms with Crippen LogP contribution in [-0.2, 0) is 10.3 Å². The smallest absolute Gasteiger partial charge is 0.376 e. The average molecular weight is 288 g/mol. The van der Waals surface area contributed by atoms with Crippen molar-refractivity contribution in [1.29, 1.82) is 0 Å². The highest BCUT2D eigenvalue weighted by Crippen LogP contribution is 2.73. The van der Waals surface area contributed by atoms with Gasteiger partial charge < -0.3 is 14.3 Å². The number of aliphatic hydroxyl groups excluding tert-OH is 1. The first kappa shape index (κ1) is 12.8. The monoisotopic (exact) mass is 288 g/mol. The van der Waals surface area contributed by atoms with E-state index in [1.54, 1.807) is 0 Å². The molecular formula is C10H6F6O3. The minimum absolute atomic E-state index is 0.824. The number of fused-ring (bicyclic) bond motifs is 1. The molecule has 9 heteroatoms. The minimum Gasteiger partial charge on any atom is -0.466 e. The summed E-state index contributed by atoms with van der Waals surface area (Å²) in [7, 11) is 0. The highest BCUT2D eigenvalue weighted by atomic mass is 19.3. The van der Waals surface area contributed by atoms with Crippen molar-refractivity contribution in [3.8, 4) is 0 Å². The Hall–Kier alpha value is -1.22. The molecule has 106 valence electrons. The lowest BCUT2D eigenvalue weighted by Gasteiger charge is -2.48. The van der Waals surface area contributed by atoms with Gasteiger partial charge in [0.15, 0.2) is 6.29 Å². The Bertz CT molecular complexity index is 513. The zero-order chi connectivity index (χ0) is 14.3. The van der Waals surface area contributed by atoms with Crippen LogP contribution in [0.4, 0.5) is 26.3 Å². The summed E-state index contributed by atoms with van der Waals surface area (Å²) in [5, 5.41) is 9.07. The Morgan fingerprint density at radius 3 is 2.16 bits per heavy atom. The Morgan fingerprint density at radius 1 is 1.05 bits per heavy atom. The number of hydrogen-bond acceptors (Lipinski definition) is 3. The van der Waals surface area contributed by atoms with E-state index in [1.807, 2.05) is 0 Å². The lowest BCUT2D eigenvalue weighted by molar-refractivity contribution is -0.406. The lowest BCUT2D eigenvalue weighted by atomic mass is 9.79. The number of furan rings is 1. The Kier molecular flexibility index (Phi) is 2.08. The molecule has 1 aromatic rings. The number of halogens is 6. The fourth-order valence-electron chi connectivity index (χ4n) is 2.66. The van der Waals surface area contributed by atoms with Crippen LogP contribution in [0.2, 0.25) is 0 Å². The fourth-order valence-corrected chi connectivity index (χ4v) is 2.66. The van der Waals surface area contributed by atoms with Crippen LogP contribution < -0.4 is 0 Å². The van der Waals surface area contributed by atoms with Gasteiger partial charge >= 0.3 is 17.8 Å². The molecule has 1 saturated heterocycles. The highest BCUT2D eigenvalue weighted by molar-refractivity contribution is 5.33. The molecular weight excluding hydrogens is 282 g/mol. The number of alkyl halides is 6. The number of hydrogen-bond donors (Lipinski definition) is 1. The molecule has 0 spiro atoms. The summed E-state index contributed by atoms with van der Waals surface area (Å²) < 4.78 is 89.9. The maximum absolute atomic E-state index is 13.8. The first-order chi connectivity index (χ1) is 8.61. The number of rotatable bonds is 1. The molecule has 1 aliphatic carbocycles. The van der Waals surface area contributed by atoms with E-state index in [1.165, 1.54) is 0 Å². The van der Waals surface area contributed by atoms with Crippen LogP contribution >= 0.6 is 0 Å². The second-order valence-corrected chi connectivity index (χ2v) is 4.47. The van der Waals surface area contributed by atoms with Gasteiger partial charge in [-0.05, 0) is 12.1 Å². The molecule has 19 heavy (non-hydrogen) atoms. The molecule has 2 aliphatic rings. The Morgan fingerprint density at radius 2 is 1.68 bits per heavy atom. The van der Waals surface area contributed by atoms with E-state index >= 15 is 0 Å². The molecule has 1 N–H and O–H groups in total. The molecule has 2 fully saturated rings. The van der Waals surface area contributed by atoms with Gasteiger partial charge in [-0.25, -0.2) is 0 Å². The van der Waals surface area contributed by atoms with Gasteiger partial charge in [0.25, 0.3) is 0 Å². The summed E-state index contributed by atoms with van der Waals surface area (Å²) in [6.07, 6.45) is -1.56. The topological polar surface area (TPSA) is 42.6 Å². The lowest BCUT2D eigenvalue weighted by Crippen LogP contribution is -2.64. The summed E-state index contributed by atoms with van der Waals surface area (Å²) >= 11 is 0. The van der Waals surface area contributed by atoms with Gasteiger partial charge in [0, 0.05) is 0 Å². The van der Waals surface area contributed by atoms with Crippen molar-refractivity contribution in [1.82, 2.24) is 0 Å². The van der Waals surface area contributed by atoms with E-state index in [2.05, 4.69) is 9.15 Å². The van der Waals surface area contributed by atoms with Crippen LogP contribution in [0.25, 0.3) is 0 Å². The van der Waals surface area contributed by atoms with Gasteiger partial charge in [-0.15, -0.1) is 0 Å². The molecule has 1 aromatic heterocycles. The summed E-state index contributed by atoms with van der Waals surface area (Å²) in [6, 6.07) is 1.89. The third kappa shape index (κ3) is 1.03. The molecule has 0 bridgehead atoms. The van der Waals surface area contributed by atoms with E-state index in [0.717, 1.165) is 18.4 Å². The van der Waals surface area contributed by atoms with Crippen molar-refractivity contribution in [2.75, 3.05) is 0 Å². The highest BCUT2D eigenvalue weighted by Gasteiger charge is 2.97. The molecule has 3 unspecified atom stereocenters. The van der Waals surface area contributed by atoms with E-state index in [4.69, 9.17) is 5.11 Å². The van der Waals surface area contributed by atoms with Gasteiger partial charge in [-0.3, -0.25) is 0 Å². The van der Waals surface area contributed by atoms with Gasteiger partial charge in [0.2, 0.25) is 5.60 Å². The minimum atomic E-state index is -5.66. The van der Waals surface area contributed by atoms with Gasteiger partial charge in [0.05, 0.1) is 6.26 Å². The molecule has 2 heterocycles. The maximum atomic E-state index is 13.8. The fraction of sp³-hybridized carbons (Fsp3) is 0.600. The molecule has 0 amide bonds. The molecule has 0 aromatic carbocycles. The third-order valence-electron chi connectivity index (χ3n) is 3.59. The van der Waals surface area contributed by atoms with Crippen LogP contribution in [0.1, 0.15) is 5.76 Å². The molecule has 3 rings (SSSR count). The summed E-state index contributed by atoms with van der Waals surface area (Å²) in [4.78, 5) is 0. The summed E-state index contributed by atoms with van der Waals surface area (Å²) in [5.41, 5.74) is -3.36. The predicted octanol–water partition coefficient (Wildman–Crippen LogP) is 2.36. The molecule has 3 atom stereocenters. The first-order valence-corrected chi connectivity index (χ1v) is 5.14. The average Bonchev–Trinajstić information content (AvgIpc) is 2.78. The molecule has 3 nitrogen and oxygen atoms in total. The van der Waals surface area contributed by atoms with Crippen LogP contribution in [0, 0.1) is 5.92 Å². The maximum Gasteiger partial charge on any atom is 0.376 e. The van der Waals surface area contributed by atoms with Gasteiger partial charge in [-0.2, -0.15) is 26.3 Å². The number of ether oxygens (including phenoxy) is 1. The number of aliphatic hydroxyl groups is 1. The molecule has 1 aliphatic heterocycles. The zero-order valence-electron chi connectivity index (χ0n) is 8.92. The van der Waals surface area contributed by atoms with E-state index in [9.17, 15) is 26.3 Å². The van der Waals surface area contributed by atoms with Crippen molar-refractivity contribution in [2.24, 2.45) is 5.92 Å². The normalized spacial score (nSPS) is 41.6. The standard InChI is InChI=1S/C10H6F6O3/c11-8(12)5-6(17)19-7(5,4-2-1-3-18-4)9(13,14)10(8,15)16/h1-3,5-6,17H. The summed E-state index contributed by atoms with van der Waals surface area (Å²) in [6.45, 7) is 0. The zero-order valence-corrected chi connectivity index (χ0v) is 8.92. The third-order valence-corrected chi connectivity index (χ3v) is 3.59. The van der Waals surface area contributed by atoms with Crippen LogP contribution in [0.5, 0.6) is 0 Å². The van der Waals surface area contributed by atoms with Crippen molar-refractivity contribution >= 4 is 0 Å².